The van der Waals surface area contributed by atoms with E-state index in [1.165, 1.54) is 0 Å². The van der Waals surface area contributed by atoms with Gasteiger partial charge in [-0.2, -0.15) is 0 Å². The second-order valence-corrected chi connectivity index (χ2v) is 1.45. The first-order chi connectivity index (χ1) is 4.16. The van der Waals surface area contributed by atoms with Gasteiger partial charge in [-0.05, 0) is 0 Å². The molecule has 0 atom stereocenters. The first-order valence-electron chi connectivity index (χ1n) is 2.46. The van der Waals surface area contributed by atoms with Gasteiger partial charge in [-0.25, -0.2) is 4.79 Å². The molecule has 0 heterocycles. The van der Waals surface area contributed by atoms with Crippen LogP contribution >= 0.6 is 0 Å². The number of hydrogen-bond acceptors (Lipinski definition) is 3. The molecule has 0 radical (unpaired) electrons. The highest BCUT2D eigenvalue weighted by molar-refractivity contribution is 5.93. The van der Waals surface area contributed by atoms with Crippen LogP contribution in [0, 0.1) is 0 Å². The third-order valence-electron chi connectivity index (χ3n) is 0.634. The van der Waals surface area contributed by atoms with Crippen LogP contribution in [-0.2, 0) is 4.79 Å². The zero-order valence-electron chi connectivity index (χ0n) is 5.39. The second-order valence-electron chi connectivity index (χ2n) is 1.45. The molecule has 0 bridgehead atoms. The standard InChI is InChI=1S/C4H9N3O2.H2O/c5-2-1-3(8)7-4(6)9;/h1-2,5H2,(H3,6,7,8,9);1H2. The third kappa shape index (κ3) is 6.86. The maximum Gasteiger partial charge on any atom is 0.318 e. The number of amides is 3. The van der Waals surface area contributed by atoms with E-state index in [2.05, 4.69) is 5.73 Å². The lowest BCUT2D eigenvalue weighted by molar-refractivity contribution is -0.119. The largest absolute Gasteiger partial charge is 0.412 e. The van der Waals surface area contributed by atoms with Gasteiger partial charge in [0.2, 0.25) is 5.91 Å². The SMILES string of the molecule is NCCC(=O)NC(N)=O.O. The summed E-state index contributed by atoms with van der Waals surface area (Å²) < 4.78 is 0. The van der Waals surface area contributed by atoms with Crippen molar-refractivity contribution in [3.63, 3.8) is 0 Å². The number of urea groups is 1. The zero-order chi connectivity index (χ0) is 7.28. The second kappa shape index (κ2) is 5.99. The van der Waals surface area contributed by atoms with E-state index in [0.717, 1.165) is 0 Å². The van der Waals surface area contributed by atoms with Crippen LogP contribution in [0.5, 0.6) is 0 Å². The van der Waals surface area contributed by atoms with Crippen LogP contribution in [0.3, 0.4) is 0 Å². The van der Waals surface area contributed by atoms with E-state index >= 15 is 0 Å². The van der Waals surface area contributed by atoms with Crippen LogP contribution in [0.15, 0.2) is 0 Å². The molecule has 60 valence electrons. The fraction of sp³-hybridized carbons (Fsp3) is 0.500. The van der Waals surface area contributed by atoms with E-state index in [1.807, 2.05) is 5.32 Å². The number of nitrogens with one attached hydrogen (secondary N) is 1. The highest BCUT2D eigenvalue weighted by Gasteiger charge is 1.99. The fourth-order valence-electron chi connectivity index (χ4n) is 0.331. The third-order valence-corrected chi connectivity index (χ3v) is 0.634. The molecular weight excluding hydrogens is 138 g/mol. The van der Waals surface area contributed by atoms with Crippen molar-refractivity contribution in [1.82, 2.24) is 5.32 Å². The molecule has 0 rings (SSSR count). The molecule has 0 aliphatic rings. The van der Waals surface area contributed by atoms with Crippen LogP contribution in [0.1, 0.15) is 6.42 Å². The van der Waals surface area contributed by atoms with Crippen molar-refractivity contribution in [3.05, 3.63) is 0 Å². The van der Waals surface area contributed by atoms with Gasteiger partial charge >= 0.3 is 6.03 Å². The van der Waals surface area contributed by atoms with Gasteiger partial charge in [0.25, 0.3) is 0 Å². The average molecular weight is 149 g/mol. The van der Waals surface area contributed by atoms with Crippen molar-refractivity contribution in [2.45, 2.75) is 6.42 Å². The lowest BCUT2D eigenvalue weighted by atomic mass is 10.4. The lowest BCUT2D eigenvalue weighted by Gasteiger charge is -1.95. The van der Waals surface area contributed by atoms with E-state index in [0.29, 0.717) is 0 Å². The lowest BCUT2D eigenvalue weighted by Crippen LogP contribution is -2.35. The van der Waals surface area contributed by atoms with Gasteiger partial charge in [-0.3, -0.25) is 10.1 Å². The summed E-state index contributed by atoms with van der Waals surface area (Å²) >= 11 is 0. The van der Waals surface area contributed by atoms with Gasteiger partial charge in [0.15, 0.2) is 0 Å². The molecule has 0 unspecified atom stereocenters. The van der Waals surface area contributed by atoms with Gasteiger partial charge < -0.3 is 16.9 Å². The number of nitrogens with two attached hydrogens (primary N) is 2. The van der Waals surface area contributed by atoms with E-state index in [1.54, 1.807) is 0 Å². The molecule has 0 aromatic carbocycles. The molecule has 0 saturated heterocycles. The van der Waals surface area contributed by atoms with Gasteiger partial charge in [-0.15, -0.1) is 0 Å². The zero-order valence-corrected chi connectivity index (χ0v) is 5.39. The molecule has 0 aromatic rings. The van der Waals surface area contributed by atoms with E-state index in [9.17, 15) is 9.59 Å². The number of carbonyl (C=O) groups is 2. The summed E-state index contributed by atoms with van der Waals surface area (Å²) in [5.74, 6) is -0.440. The maximum absolute atomic E-state index is 10.4. The maximum atomic E-state index is 10.4. The summed E-state index contributed by atoms with van der Waals surface area (Å²) in [6.07, 6.45) is 0.128. The van der Waals surface area contributed by atoms with Crippen LogP contribution in [0.4, 0.5) is 4.79 Å². The number of rotatable bonds is 2. The topological polar surface area (TPSA) is 130 Å². The number of primary amides is 1. The minimum atomic E-state index is -0.839. The van der Waals surface area contributed by atoms with Crippen LogP contribution in [0.25, 0.3) is 0 Å². The quantitative estimate of drug-likeness (QED) is 0.408. The van der Waals surface area contributed by atoms with Crippen LogP contribution < -0.4 is 16.8 Å². The van der Waals surface area contributed by atoms with Crippen molar-refractivity contribution in [3.8, 4) is 0 Å². The molecule has 6 nitrogen and oxygen atoms in total. The minimum Gasteiger partial charge on any atom is -0.412 e. The summed E-state index contributed by atoms with van der Waals surface area (Å²) in [6.45, 7) is 0.221. The smallest absolute Gasteiger partial charge is 0.318 e. The highest BCUT2D eigenvalue weighted by Crippen LogP contribution is 1.71. The van der Waals surface area contributed by atoms with Crippen molar-refractivity contribution >= 4 is 11.9 Å². The normalized spacial score (nSPS) is 7.70. The molecule has 0 aliphatic carbocycles. The molecule has 10 heavy (non-hydrogen) atoms. The Morgan fingerprint density at radius 3 is 2.20 bits per heavy atom. The van der Waals surface area contributed by atoms with Gasteiger partial charge in [-0.1, -0.05) is 0 Å². The monoisotopic (exact) mass is 149 g/mol. The average Bonchev–Trinajstić information content (AvgIpc) is 1.63. The highest BCUT2D eigenvalue weighted by atomic mass is 16.2. The Morgan fingerprint density at radius 2 is 1.90 bits per heavy atom. The Bertz CT molecular complexity index is 125. The molecule has 7 N–H and O–H groups in total. The van der Waals surface area contributed by atoms with Crippen LogP contribution in [0.2, 0.25) is 0 Å². The Morgan fingerprint density at radius 1 is 1.40 bits per heavy atom. The van der Waals surface area contributed by atoms with E-state index < -0.39 is 11.9 Å². The van der Waals surface area contributed by atoms with Crippen molar-refractivity contribution in [2.24, 2.45) is 11.5 Å². The van der Waals surface area contributed by atoms with Crippen molar-refractivity contribution in [2.75, 3.05) is 6.54 Å². The van der Waals surface area contributed by atoms with Crippen molar-refractivity contribution < 1.29 is 15.1 Å². The minimum absolute atomic E-state index is 0. The molecule has 0 spiro atoms. The molecule has 0 saturated carbocycles. The van der Waals surface area contributed by atoms with Gasteiger partial charge in [0, 0.05) is 13.0 Å². The number of carbonyl (C=O) groups excluding carboxylic acids is 2. The molecule has 3 amide bonds. The Labute approximate surface area is 57.9 Å². The molecule has 6 heteroatoms. The Kier molecular flexibility index (Phi) is 6.96. The molecule has 0 aromatic heterocycles. The van der Waals surface area contributed by atoms with Gasteiger partial charge in [0.1, 0.15) is 0 Å². The first kappa shape index (κ1) is 11.6. The summed E-state index contributed by atoms with van der Waals surface area (Å²) in [7, 11) is 0. The fourth-order valence-corrected chi connectivity index (χ4v) is 0.331. The molecular formula is C4H11N3O3. The predicted molar refractivity (Wildman–Crippen MR) is 35.0 cm³/mol. The number of hydrogen-bond donors (Lipinski definition) is 3. The van der Waals surface area contributed by atoms with Crippen molar-refractivity contribution in [1.29, 1.82) is 0 Å². The first-order valence-corrected chi connectivity index (χ1v) is 2.46. The van der Waals surface area contributed by atoms with E-state index in [-0.39, 0.29) is 18.4 Å². The predicted octanol–water partition coefficient (Wildman–Crippen LogP) is -2.29. The molecule has 0 fully saturated rings. The summed E-state index contributed by atoms with van der Waals surface area (Å²) in [4.78, 5) is 20.3. The summed E-state index contributed by atoms with van der Waals surface area (Å²) in [5.41, 5.74) is 9.60. The summed E-state index contributed by atoms with van der Waals surface area (Å²) in [6, 6.07) is -0.839. The Balaban J connectivity index is 0. The van der Waals surface area contributed by atoms with Gasteiger partial charge in [0.05, 0.1) is 0 Å². The summed E-state index contributed by atoms with van der Waals surface area (Å²) in [5, 5.41) is 1.86. The Hall–Kier alpha value is -1.14. The van der Waals surface area contributed by atoms with Crippen LogP contribution in [-0.4, -0.2) is 24.0 Å². The molecule has 0 aliphatic heterocycles. The van der Waals surface area contributed by atoms with E-state index in [4.69, 9.17) is 5.73 Å². The number of imide groups is 1.